The topological polar surface area (TPSA) is 58.4 Å². The lowest BCUT2D eigenvalue weighted by Gasteiger charge is -2.18. The van der Waals surface area contributed by atoms with E-state index in [4.69, 9.17) is 19.2 Å². The van der Waals surface area contributed by atoms with E-state index in [0.29, 0.717) is 6.61 Å². The molecule has 0 spiro atoms. The van der Waals surface area contributed by atoms with E-state index in [2.05, 4.69) is 15.9 Å². The lowest BCUT2D eigenvalue weighted by molar-refractivity contribution is -0.0677. The van der Waals surface area contributed by atoms with Crippen molar-refractivity contribution >= 4 is 23.0 Å². The van der Waals surface area contributed by atoms with Gasteiger partial charge in [0.2, 0.25) is 0 Å². The number of pyridine rings is 1. The van der Waals surface area contributed by atoms with Gasteiger partial charge in [-0.1, -0.05) is 13.3 Å². The highest BCUT2D eigenvalue weighted by molar-refractivity contribution is 7.97. The second-order valence-corrected chi connectivity index (χ2v) is 7.19. The molecule has 0 aliphatic rings. The van der Waals surface area contributed by atoms with E-state index in [0.717, 1.165) is 52.5 Å². The van der Waals surface area contributed by atoms with Crippen LogP contribution in [0.3, 0.4) is 0 Å². The van der Waals surface area contributed by atoms with Crippen LogP contribution in [0.1, 0.15) is 32.3 Å². The Kier molecular flexibility index (Phi) is 6.80. The van der Waals surface area contributed by atoms with Gasteiger partial charge in [0.15, 0.2) is 12.1 Å². The molecule has 28 heavy (non-hydrogen) atoms. The lowest BCUT2D eigenvalue weighted by Crippen LogP contribution is -2.17. The van der Waals surface area contributed by atoms with Crippen LogP contribution in [0.25, 0.3) is 22.6 Å². The Morgan fingerprint density at radius 3 is 2.79 bits per heavy atom. The predicted octanol–water partition coefficient (Wildman–Crippen LogP) is 5.08. The van der Waals surface area contributed by atoms with Crippen molar-refractivity contribution in [2.45, 2.75) is 39.9 Å². The highest BCUT2D eigenvalue weighted by atomic mass is 32.2. The van der Waals surface area contributed by atoms with Gasteiger partial charge in [-0.25, -0.2) is 4.98 Å². The maximum Gasteiger partial charge on any atom is 0.196 e. The minimum absolute atomic E-state index is 0.316. The monoisotopic (exact) mass is 401 g/mol. The van der Waals surface area contributed by atoms with Gasteiger partial charge < -0.3 is 14.2 Å². The summed E-state index contributed by atoms with van der Waals surface area (Å²) in [6.07, 6.45) is 5.58. The molecular formula is C21H27N3O3S. The third kappa shape index (κ3) is 4.25. The van der Waals surface area contributed by atoms with Crippen molar-refractivity contribution in [1.82, 2.24) is 13.9 Å². The Hall–Kier alpha value is -2.25. The first-order valence-corrected chi connectivity index (χ1v) is 10.6. The van der Waals surface area contributed by atoms with Crippen LogP contribution in [0.15, 0.2) is 30.5 Å². The molecule has 7 heteroatoms. The summed E-state index contributed by atoms with van der Waals surface area (Å²) >= 11 is 1.59. The Balaban J connectivity index is 1.95. The molecule has 3 aromatic rings. The van der Waals surface area contributed by atoms with Crippen molar-refractivity contribution in [2.24, 2.45) is 0 Å². The molecule has 6 nitrogen and oxygen atoms in total. The van der Waals surface area contributed by atoms with Gasteiger partial charge >= 0.3 is 0 Å². The molecule has 0 fully saturated rings. The second kappa shape index (κ2) is 9.30. The van der Waals surface area contributed by atoms with Gasteiger partial charge in [0.25, 0.3) is 0 Å². The largest absolute Gasteiger partial charge is 0.497 e. The standard InChI is InChI=1S/C21H27N3O3S/c1-6-7-12-26-15(3)27-19-10-11-22-20(14(19)2)21-23-17-13-16(25-4)8-9-18(17)24(21)28-5/h8-11,13,15H,6-7,12H2,1-5H3. The summed E-state index contributed by atoms with van der Waals surface area (Å²) in [5.74, 6) is 2.33. The van der Waals surface area contributed by atoms with E-state index in [9.17, 15) is 0 Å². The molecular weight excluding hydrogens is 374 g/mol. The van der Waals surface area contributed by atoms with E-state index in [1.807, 2.05) is 44.4 Å². The zero-order chi connectivity index (χ0) is 20.1. The maximum absolute atomic E-state index is 6.01. The smallest absolute Gasteiger partial charge is 0.196 e. The Morgan fingerprint density at radius 2 is 2.07 bits per heavy atom. The van der Waals surface area contributed by atoms with Crippen molar-refractivity contribution in [3.63, 3.8) is 0 Å². The zero-order valence-corrected chi connectivity index (χ0v) is 17.9. The molecule has 0 aliphatic heterocycles. The molecule has 1 unspecified atom stereocenters. The highest BCUT2D eigenvalue weighted by Gasteiger charge is 2.19. The summed E-state index contributed by atoms with van der Waals surface area (Å²) in [7, 11) is 1.66. The van der Waals surface area contributed by atoms with E-state index in [1.165, 1.54) is 0 Å². The van der Waals surface area contributed by atoms with E-state index in [1.54, 1.807) is 25.3 Å². The maximum atomic E-state index is 6.01. The normalized spacial score (nSPS) is 12.3. The van der Waals surface area contributed by atoms with Gasteiger partial charge in [0.1, 0.15) is 17.2 Å². The number of ether oxygens (including phenoxy) is 3. The minimum atomic E-state index is -0.316. The van der Waals surface area contributed by atoms with Crippen LogP contribution in [0.5, 0.6) is 11.5 Å². The van der Waals surface area contributed by atoms with Crippen LogP contribution in [0.4, 0.5) is 0 Å². The number of hydrogen-bond donors (Lipinski definition) is 0. The van der Waals surface area contributed by atoms with Crippen molar-refractivity contribution in [1.29, 1.82) is 0 Å². The number of aromatic nitrogens is 3. The fourth-order valence-corrected chi connectivity index (χ4v) is 3.63. The summed E-state index contributed by atoms with van der Waals surface area (Å²) in [5, 5.41) is 0. The SMILES string of the molecule is CCCCOC(C)Oc1ccnc(-c2nc3cc(OC)ccc3n2SC)c1C. The minimum Gasteiger partial charge on any atom is -0.497 e. The second-order valence-electron chi connectivity index (χ2n) is 6.46. The Morgan fingerprint density at radius 1 is 1.25 bits per heavy atom. The summed E-state index contributed by atoms with van der Waals surface area (Å²) in [5.41, 5.74) is 3.62. The van der Waals surface area contributed by atoms with Crippen molar-refractivity contribution in [3.8, 4) is 23.0 Å². The molecule has 1 atom stereocenters. The van der Waals surface area contributed by atoms with Crippen LogP contribution in [0, 0.1) is 6.92 Å². The molecule has 2 heterocycles. The summed E-state index contributed by atoms with van der Waals surface area (Å²) in [4.78, 5) is 9.41. The molecule has 2 aromatic heterocycles. The Labute approximate surface area is 170 Å². The molecule has 3 rings (SSSR count). The van der Waals surface area contributed by atoms with Gasteiger partial charge in [0.05, 0.1) is 24.8 Å². The molecule has 0 bridgehead atoms. The average Bonchev–Trinajstić information content (AvgIpc) is 3.07. The third-order valence-electron chi connectivity index (χ3n) is 4.51. The first-order chi connectivity index (χ1) is 13.6. The fourth-order valence-electron chi connectivity index (χ4n) is 2.98. The molecule has 0 saturated carbocycles. The van der Waals surface area contributed by atoms with Gasteiger partial charge in [-0.3, -0.25) is 8.96 Å². The number of rotatable bonds is 9. The van der Waals surface area contributed by atoms with E-state index in [-0.39, 0.29) is 6.29 Å². The van der Waals surface area contributed by atoms with Crippen LogP contribution in [0.2, 0.25) is 0 Å². The number of methoxy groups -OCH3 is 1. The molecule has 0 saturated heterocycles. The zero-order valence-electron chi connectivity index (χ0n) is 17.1. The van der Waals surface area contributed by atoms with Crippen molar-refractivity contribution < 1.29 is 14.2 Å². The predicted molar refractivity (Wildman–Crippen MR) is 114 cm³/mol. The van der Waals surface area contributed by atoms with Crippen LogP contribution < -0.4 is 9.47 Å². The van der Waals surface area contributed by atoms with E-state index < -0.39 is 0 Å². The van der Waals surface area contributed by atoms with Gasteiger partial charge in [0, 0.05) is 24.1 Å². The molecule has 150 valence electrons. The molecule has 0 N–H and O–H groups in total. The van der Waals surface area contributed by atoms with Crippen molar-refractivity contribution in [2.75, 3.05) is 20.0 Å². The molecule has 1 aromatic carbocycles. The fraction of sp³-hybridized carbons (Fsp3) is 0.429. The van der Waals surface area contributed by atoms with Gasteiger partial charge in [-0.05, 0) is 50.4 Å². The summed E-state index contributed by atoms with van der Waals surface area (Å²) in [6, 6.07) is 7.76. The quantitative estimate of drug-likeness (QED) is 0.368. The molecule has 0 aliphatic carbocycles. The summed E-state index contributed by atoms with van der Waals surface area (Å²) < 4.78 is 19.1. The molecule has 0 radical (unpaired) electrons. The number of nitrogens with zero attached hydrogens (tertiary/aromatic N) is 3. The van der Waals surface area contributed by atoms with Crippen LogP contribution in [-0.2, 0) is 4.74 Å². The van der Waals surface area contributed by atoms with Crippen molar-refractivity contribution in [3.05, 3.63) is 36.0 Å². The number of imidazole rings is 1. The number of benzene rings is 1. The summed E-state index contributed by atoms with van der Waals surface area (Å²) in [6.45, 7) is 6.75. The average molecular weight is 402 g/mol. The first-order valence-electron chi connectivity index (χ1n) is 9.44. The molecule has 0 amide bonds. The number of hydrogen-bond acceptors (Lipinski definition) is 6. The highest BCUT2D eigenvalue weighted by Crippen LogP contribution is 2.33. The van der Waals surface area contributed by atoms with Crippen LogP contribution in [-0.4, -0.2) is 40.2 Å². The third-order valence-corrected chi connectivity index (χ3v) is 5.25. The number of fused-ring (bicyclic) bond motifs is 1. The number of unbranched alkanes of at least 4 members (excludes halogenated alkanes) is 1. The van der Waals surface area contributed by atoms with Crippen LogP contribution >= 0.6 is 11.9 Å². The van der Waals surface area contributed by atoms with E-state index >= 15 is 0 Å². The lowest BCUT2D eigenvalue weighted by atomic mass is 10.2. The Bertz CT molecular complexity index is 942. The van der Waals surface area contributed by atoms with Gasteiger partial charge in [-0.15, -0.1) is 0 Å². The first kappa shape index (κ1) is 20.5. The van der Waals surface area contributed by atoms with Gasteiger partial charge in [-0.2, -0.15) is 0 Å².